The molecule has 0 saturated heterocycles. The van der Waals surface area contributed by atoms with Crippen LogP contribution in [0.2, 0.25) is 0 Å². The Labute approximate surface area is 139 Å². The molecule has 0 fully saturated rings. The van der Waals surface area contributed by atoms with Crippen LogP contribution < -0.4 is 0 Å². The lowest BCUT2D eigenvalue weighted by Crippen LogP contribution is -2.55. The van der Waals surface area contributed by atoms with Gasteiger partial charge in [0, 0.05) is 12.8 Å². The first-order chi connectivity index (χ1) is 11.0. The van der Waals surface area contributed by atoms with Crippen molar-refractivity contribution in [2.24, 2.45) is 4.99 Å². The average Bonchev–Trinajstić information content (AvgIpc) is 2.57. The molecular formula is C16H20N2O4S. The molecule has 23 heavy (non-hydrogen) atoms. The van der Waals surface area contributed by atoms with Crippen molar-refractivity contribution in [3.63, 3.8) is 0 Å². The van der Waals surface area contributed by atoms with Crippen LogP contribution in [-0.4, -0.2) is 54.9 Å². The molecule has 1 aromatic carbocycles. The number of carbonyl (C=O) groups excluding carboxylic acids is 2. The molecule has 6 nitrogen and oxygen atoms in total. The lowest BCUT2D eigenvalue weighted by molar-refractivity contribution is -0.152. The van der Waals surface area contributed by atoms with E-state index in [9.17, 15) is 9.59 Å². The van der Waals surface area contributed by atoms with E-state index in [1.165, 1.54) is 12.0 Å². The summed E-state index contributed by atoms with van der Waals surface area (Å²) in [5, 5.41) is 0. The zero-order valence-corrected chi connectivity index (χ0v) is 14.3. The second kappa shape index (κ2) is 7.50. The first-order valence-electron chi connectivity index (χ1n) is 7.27. The maximum Gasteiger partial charge on any atom is 0.354 e. The minimum atomic E-state index is -1.65. The van der Waals surface area contributed by atoms with Gasteiger partial charge in [-0.15, -0.1) is 11.8 Å². The predicted octanol–water partition coefficient (Wildman–Crippen LogP) is 1.70. The van der Waals surface area contributed by atoms with E-state index in [1.807, 2.05) is 30.3 Å². The van der Waals surface area contributed by atoms with Crippen molar-refractivity contribution >= 4 is 29.5 Å². The quantitative estimate of drug-likeness (QED) is 0.605. The Morgan fingerprint density at radius 1 is 1.39 bits per heavy atom. The molecule has 0 spiro atoms. The number of hydrogen-bond acceptors (Lipinski definition) is 6. The first kappa shape index (κ1) is 17.3. The number of nitrogens with zero attached hydrogens (tertiary/aromatic N) is 2. The van der Waals surface area contributed by atoms with Crippen LogP contribution in [0, 0.1) is 0 Å². The topological polar surface area (TPSA) is 68.2 Å². The molecule has 1 heterocycles. The number of rotatable bonds is 5. The zero-order valence-electron chi connectivity index (χ0n) is 13.4. The van der Waals surface area contributed by atoms with Gasteiger partial charge < -0.3 is 14.4 Å². The fraction of sp³-hybridized carbons (Fsp3) is 0.438. The fourth-order valence-electron chi connectivity index (χ4n) is 2.18. The Bertz CT molecular complexity index is 605. The molecule has 0 N–H and O–H groups in total. The number of aliphatic imine (C=N–C) groups is 1. The van der Waals surface area contributed by atoms with Gasteiger partial charge >= 0.3 is 5.97 Å². The Balaban J connectivity index is 2.35. The van der Waals surface area contributed by atoms with E-state index in [0.29, 0.717) is 11.7 Å². The smallest absolute Gasteiger partial charge is 0.354 e. The summed E-state index contributed by atoms with van der Waals surface area (Å²) in [4.78, 5) is 29.3. The average molecular weight is 336 g/mol. The number of esters is 1. The Hall–Kier alpha value is -2.02. The highest BCUT2D eigenvalue weighted by molar-refractivity contribution is 8.01. The third-order valence-electron chi connectivity index (χ3n) is 3.37. The zero-order chi connectivity index (χ0) is 16.9. The first-order valence-corrected chi connectivity index (χ1v) is 8.25. The summed E-state index contributed by atoms with van der Waals surface area (Å²) < 4.78 is 10.3. The summed E-state index contributed by atoms with van der Waals surface area (Å²) in [6.07, 6.45) is 0. The molecule has 1 aliphatic heterocycles. The number of benzene rings is 1. The minimum Gasteiger partial charge on any atom is -0.483 e. The van der Waals surface area contributed by atoms with E-state index in [1.54, 1.807) is 14.0 Å². The van der Waals surface area contributed by atoms with Gasteiger partial charge in [0.1, 0.15) is 0 Å². The van der Waals surface area contributed by atoms with Gasteiger partial charge in [0.05, 0.1) is 20.3 Å². The van der Waals surface area contributed by atoms with Gasteiger partial charge in [0.2, 0.25) is 5.90 Å². The van der Waals surface area contributed by atoms with Gasteiger partial charge in [-0.1, -0.05) is 30.3 Å². The molecule has 1 aromatic rings. The summed E-state index contributed by atoms with van der Waals surface area (Å²) in [5.74, 6) is -0.259. The molecule has 2 rings (SSSR count). The van der Waals surface area contributed by atoms with Crippen molar-refractivity contribution in [2.75, 3.05) is 27.3 Å². The van der Waals surface area contributed by atoms with Gasteiger partial charge in [0.25, 0.3) is 10.8 Å². The van der Waals surface area contributed by atoms with Crippen molar-refractivity contribution in [3.05, 3.63) is 35.9 Å². The monoisotopic (exact) mass is 336 g/mol. The van der Waals surface area contributed by atoms with E-state index in [0.717, 1.165) is 17.3 Å². The maximum atomic E-state index is 12.7. The second-order valence-corrected chi connectivity index (χ2v) is 6.18. The van der Waals surface area contributed by atoms with Crippen LogP contribution in [0.3, 0.4) is 0 Å². The van der Waals surface area contributed by atoms with E-state index < -0.39 is 16.7 Å². The van der Waals surface area contributed by atoms with Crippen molar-refractivity contribution in [1.29, 1.82) is 0 Å². The Morgan fingerprint density at radius 2 is 2.09 bits per heavy atom. The third kappa shape index (κ3) is 3.67. The fourth-order valence-corrected chi connectivity index (χ4v) is 3.37. The number of amides is 1. The number of thioether (sulfide) groups is 1. The highest BCUT2D eigenvalue weighted by atomic mass is 32.2. The molecule has 0 saturated carbocycles. The molecule has 0 radical (unpaired) electrons. The van der Waals surface area contributed by atoms with Gasteiger partial charge in [0.15, 0.2) is 0 Å². The molecule has 7 heteroatoms. The molecule has 1 atom stereocenters. The van der Waals surface area contributed by atoms with Crippen molar-refractivity contribution < 1.29 is 19.1 Å². The lowest BCUT2D eigenvalue weighted by atomic mass is 10.2. The molecule has 1 amide bonds. The summed E-state index contributed by atoms with van der Waals surface area (Å²) in [6.45, 7) is 2.12. The highest BCUT2D eigenvalue weighted by Gasteiger charge is 2.52. The predicted molar refractivity (Wildman–Crippen MR) is 89.2 cm³/mol. The summed E-state index contributed by atoms with van der Waals surface area (Å²) in [5.41, 5.74) is 0.997. The van der Waals surface area contributed by atoms with Crippen LogP contribution in [0.15, 0.2) is 35.3 Å². The summed E-state index contributed by atoms with van der Waals surface area (Å²) in [6, 6.07) is 9.60. The van der Waals surface area contributed by atoms with Crippen LogP contribution in [0.4, 0.5) is 0 Å². The molecule has 124 valence electrons. The van der Waals surface area contributed by atoms with Crippen molar-refractivity contribution in [1.82, 2.24) is 4.90 Å². The van der Waals surface area contributed by atoms with E-state index in [-0.39, 0.29) is 13.2 Å². The number of ether oxygens (including phenoxy) is 2. The molecular weight excluding hydrogens is 316 g/mol. The normalized spacial score (nSPS) is 20.9. The lowest BCUT2D eigenvalue weighted by Gasteiger charge is -2.34. The number of likely N-dealkylation sites (N-methyl/N-ethyl adjacent to an activating group) is 1. The van der Waals surface area contributed by atoms with Crippen LogP contribution in [-0.2, 0) is 24.8 Å². The molecule has 0 aromatic heterocycles. The van der Waals surface area contributed by atoms with E-state index in [4.69, 9.17) is 9.47 Å². The summed E-state index contributed by atoms with van der Waals surface area (Å²) in [7, 11) is 3.09. The number of methoxy groups -OCH3 is 1. The van der Waals surface area contributed by atoms with E-state index in [2.05, 4.69) is 4.99 Å². The van der Waals surface area contributed by atoms with Gasteiger partial charge in [-0.3, -0.25) is 4.79 Å². The number of carbonyl (C=O) groups is 2. The molecule has 0 bridgehead atoms. The Morgan fingerprint density at radius 3 is 2.70 bits per heavy atom. The van der Waals surface area contributed by atoms with Gasteiger partial charge in [-0.2, -0.15) is 0 Å². The van der Waals surface area contributed by atoms with Gasteiger partial charge in [-0.25, -0.2) is 9.79 Å². The molecule has 0 aliphatic carbocycles. The van der Waals surface area contributed by atoms with Crippen LogP contribution in [0.1, 0.15) is 12.5 Å². The highest BCUT2D eigenvalue weighted by Crippen LogP contribution is 2.36. The summed E-state index contributed by atoms with van der Waals surface area (Å²) >= 11 is 1.14. The molecule has 1 unspecified atom stereocenters. The van der Waals surface area contributed by atoms with Crippen LogP contribution >= 0.6 is 11.8 Å². The standard InChI is InChI=1S/C16H20N2O4S/c1-4-22-15(20)16(23-11-12-8-6-5-7-9-12)14(19)18(2)10-13(17-16)21-3/h5-9H,4,10-11H2,1-3H3. The van der Waals surface area contributed by atoms with E-state index >= 15 is 0 Å². The Kier molecular flexibility index (Phi) is 5.65. The van der Waals surface area contributed by atoms with Crippen LogP contribution in [0.25, 0.3) is 0 Å². The second-order valence-electron chi connectivity index (χ2n) is 5.01. The number of hydrogen-bond donors (Lipinski definition) is 0. The SMILES string of the molecule is CCOC(=O)C1(SCc2ccccc2)N=C(OC)CN(C)C1=O. The third-order valence-corrected chi connectivity index (χ3v) is 4.70. The van der Waals surface area contributed by atoms with Crippen LogP contribution in [0.5, 0.6) is 0 Å². The molecule has 1 aliphatic rings. The maximum absolute atomic E-state index is 12.7. The van der Waals surface area contributed by atoms with Crippen molar-refractivity contribution in [2.45, 2.75) is 17.5 Å². The largest absolute Gasteiger partial charge is 0.483 e. The van der Waals surface area contributed by atoms with Gasteiger partial charge in [-0.05, 0) is 12.5 Å². The van der Waals surface area contributed by atoms with Crippen molar-refractivity contribution in [3.8, 4) is 0 Å². The minimum absolute atomic E-state index is 0.182.